The van der Waals surface area contributed by atoms with Crippen LogP contribution in [0.5, 0.6) is 0 Å². The number of amides is 2. The Morgan fingerprint density at radius 2 is 2.29 bits per heavy atom. The number of nitrogens with two attached hydrogens (primary N) is 1. The highest BCUT2D eigenvalue weighted by molar-refractivity contribution is 5.79. The van der Waals surface area contributed by atoms with Crippen molar-refractivity contribution in [1.29, 1.82) is 0 Å². The first kappa shape index (κ1) is 15.4. The molecule has 2 rings (SSSR count). The number of hydrogen-bond acceptors (Lipinski definition) is 6. The van der Waals surface area contributed by atoms with Gasteiger partial charge in [0, 0.05) is 13.5 Å². The van der Waals surface area contributed by atoms with E-state index in [1.807, 2.05) is 4.90 Å². The van der Waals surface area contributed by atoms with Gasteiger partial charge in [0.15, 0.2) is 0 Å². The summed E-state index contributed by atoms with van der Waals surface area (Å²) in [7, 11) is 0. The summed E-state index contributed by atoms with van der Waals surface area (Å²) in [6.07, 6.45) is 1.68. The second kappa shape index (κ2) is 6.66. The van der Waals surface area contributed by atoms with Gasteiger partial charge < -0.3 is 15.5 Å². The molecule has 0 spiro atoms. The summed E-state index contributed by atoms with van der Waals surface area (Å²) in [5.41, 5.74) is 5.20. The van der Waals surface area contributed by atoms with E-state index in [2.05, 4.69) is 15.5 Å². The molecule has 0 aromatic carbocycles. The molecule has 1 aliphatic rings. The number of carbonyl (C=O) groups excluding carboxylic acids is 2. The van der Waals surface area contributed by atoms with Crippen LogP contribution >= 0.6 is 0 Å². The number of aryl methyl sites for hydroxylation is 1. The summed E-state index contributed by atoms with van der Waals surface area (Å²) in [4.78, 5) is 25.2. The number of rotatable bonds is 5. The molecule has 1 fully saturated rings. The van der Waals surface area contributed by atoms with Crippen molar-refractivity contribution in [2.75, 3.05) is 19.6 Å². The number of likely N-dealkylation sites (tertiary alicyclic amines) is 1. The Kier molecular flexibility index (Phi) is 4.89. The first-order chi connectivity index (χ1) is 9.95. The topological polar surface area (TPSA) is 114 Å². The molecule has 2 amide bonds. The smallest absolute Gasteiger partial charge is 0.238 e. The van der Waals surface area contributed by atoms with E-state index in [1.54, 1.807) is 13.8 Å². The largest absolute Gasteiger partial charge is 0.423 e. The van der Waals surface area contributed by atoms with Crippen LogP contribution in [0.25, 0.3) is 0 Å². The molecule has 21 heavy (non-hydrogen) atoms. The van der Waals surface area contributed by atoms with Gasteiger partial charge in [0.1, 0.15) is 6.04 Å². The van der Waals surface area contributed by atoms with E-state index in [4.69, 9.17) is 10.2 Å². The molecule has 2 heterocycles. The molecular weight excluding hydrogens is 274 g/mol. The fourth-order valence-corrected chi connectivity index (χ4v) is 2.51. The fourth-order valence-electron chi connectivity index (χ4n) is 2.51. The second-order valence-electron chi connectivity index (χ2n) is 5.43. The molecular formula is C13H21N5O3. The molecule has 1 aromatic rings. The molecule has 0 radical (unpaired) electrons. The second-order valence-corrected chi connectivity index (χ2v) is 5.43. The maximum absolute atomic E-state index is 12.3. The maximum Gasteiger partial charge on any atom is 0.238 e. The van der Waals surface area contributed by atoms with Crippen molar-refractivity contribution in [3.05, 3.63) is 11.8 Å². The third-order valence-corrected chi connectivity index (χ3v) is 3.53. The maximum atomic E-state index is 12.3. The summed E-state index contributed by atoms with van der Waals surface area (Å²) < 4.78 is 5.30. The molecule has 8 nitrogen and oxygen atoms in total. The van der Waals surface area contributed by atoms with Gasteiger partial charge in [-0.15, -0.1) is 10.2 Å². The van der Waals surface area contributed by atoms with Crippen LogP contribution in [0.15, 0.2) is 4.42 Å². The van der Waals surface area contributed by atoms with E-state index >= 15 is 0 Å². The third kappa shape index (κ3) is 4.25. The predicted molar refractivity (Wildman–Crippen MR) is 74.0 cm³/mol. The van der Waals surface area contributed by atoms with Gasteiger partial charge in [-0.2, -0.15) is 0 Å². The van der Waals surface area contributed by atoms with Gasteiger partial charge in [-0.1, -0.05) is 0 Å². The zero-order valence-electron chi connectivity index (χ0n) is 12.3. The van der Waals surface area contributed by atoms with Crippen molar-refractivity contribution in [1.82, 2.24) is 20.4 Å². The number of primary amides is 1. The highest BCUT2D eigenvalue weighted by atomic mass is 16.4. The molecule has 0 bridgehead atoms. The minimum absolute atomic E-state index is 0.0625. The number of piperidine rings is 1. The van der Waals surface area contributed by atoms with E-state index in [9.17, 15) is 9.59 Å². The summed E-state index contributed by atoms with van der Waals surface area (Å²) >= 11 is 0. The minimum Gasteiger partial charge on any atom is -0.423 e. The van der Waals surface area contributed by atoms with Crippen LogP contribution in [0, 0.1) is 12.8 Å². The van der Waals surface area contributed by atoms with E-state index < -0.39 is 0 Å². The molecule has 3 N–H and O–H groups in total. The molecule has 0 aliphatic carbocycles. The lowest BCUT2D eigenvalue weighted by atomic mass is 9.97. The van der Waals surface area contributed by atoms with Gasteiger partial charge in [0.25, 0.3) is 0 Å². The molecule has 1 saturated heterocycles. The Morgan fingerprint density at radius 3 is 2.90 bits per heavy atom. The van der Waals surface area contributed by atoms with Crippen molar-refractivity contribution < 1.29 is 14.0 Å². The van der Waals surface area contributed by atoms with Crippen molar-refractivity contribution >= 4 is 11.8 Å². The van der Waals surface area contributed by atoms with E-state index in [-0.39, 0.29) is 30.3 Å². The lowest BCUT2D eigenvalue weighted by molar-refractivity contribution is -0.129. The third-order valence-electron chi connectivity index (χ3n) is 3.53. The molecule has 2 unspecified atom stereocenters. The average Bonchev–Trinajstić information content (AvgIpc) is 2.85. The summed E-state index contributed by atoms with van der Waals surface area (Å²) in [5.74, 6) is 0.282. The van der Waals surface area contributed by atoms with E-state index in [1.165, 1.54) is 0 Å². The number of hydrogen-bond donors (Lipinski definition) is 2. The lowest BCUT2D eigenvalue weighted by Gasteiger charge is -2.31. The number of nitrogens with zero attached hydrogens (tertiary/aromatic N) is 3. The lowest BCUT2D eigenvalue weighted by Crippen LogP contribution is -2.46. The molecule has 8 heteroatoms. The zero-order valence-corrected chi connectivity index (χ0v) is 12.3. The zero-order chi connectivity index (χ0) is 15.4. The summed E-state index contributed by atoms with van der Waals surface area (Å²) in [6.45, 7) is 5.04. The van der Waals surface area contributed by atoms with Crippen LogP contribution in [0.3, 0.4) is 0 Å². The van der Waals surface area contributed by atoms with Gasteiger partial charge in [-0.05, 0) is 26.3 Å². The quantitative estimate of drug-likeness (QED) is 0.774. The van der Waals surface area contributed by atoms with E-state index in [0.717, 1.165) is 19.4 Å². The van der Waals surface area contributed by atoms with Gasteiger partial charge >= 0.3 is 0 Å². The molecule has 116 valence electrons. The van der Waals surface area contributed by atoms with Crippen molar-refractivity contribution in [2.45, 2.75) is 32.7 Å². The highest BCUT2D eigenvalue weighted by Crippen LogP contribution is 2.18. The van der Waals surface area contributed by atoms with Crippen LogP contribution in [0.2, 0.25) is 0 Å². The van der Waals surface area contributed by atoms with Gasteiger partial charge in [-0.3, -0.25) is 14.5 Å². The normalized spacial score (nSPS) is 21.0. The van der Waals surface area contributed by atoms with Crippen molar-refractivity contribution in [2.24, 2.45) is 11.7 Å². The summed E-state index contributed by atoms with van der Waals surface area (Å²) in [6, 6.07) is -0.329. The minimum atomic E-state index is -0.370. The van der Waals surface area contributed by atoms with Gasteiger partial charge in [0.05, 0.1) is 12.5 Å². The molecule has 2 atom stereocenters. The fraction of sp³-hybridized carbons (Fsp3) is 0.692. The van der Waals surface area contributed by atoms with Crippen LogP contribution < -0.4 is 11.1 Å². The first-order valence-corrected chi connectivity index (χ1v) is 7.06. The SMILES string of the molecule is Cc1nnc(C(C)NC(=O)C2CCCN(CC(N)=O)C2)o1. The Balaban J connectivity index is 1.89. The average molecular weight is 295 g/mol. The van der Waals surface area contributed by atoms with Gasteiger partial charge in [0.2, 0.25) is 23.6 Å². The highest BCUT2D eigenvalue weighted by Gasteiger charge is 2.28. The molecule has 1 aromatic heterocycles. The Labute approximate surface area is 123 Å². The summed E-state index contributed by atoms with van der Waals surface area (Å²) in [5, 5.41) is 10.5. The van der Waals surface area contributed by atoms with Crippen LogP contribution in [0.4, 0.5) is 0 Å². The molecule has 1 aliphatic heterocycles. The van der Waals surface area contributed by atoms with Crippen LogP contribution in [-0.4, -0.2) is 46.5 Å². The first-order valence-electron chi connectivity index (χ1n) is 7.06. The van der Waals surface area contributed by atoms with Crippen molar-refractivity contribution in [3.8, 4) is 0 Å². The Hall–Kier alpha value is -1.96. The number of carbonyl (C=O) groups is 2. The molecule has 0 saturated carbocycles. The van der Waals surface area contributed by atoms with Crippen LogP contribution in [0.1, 0.15) is 37.6 Å². The Bertz CT molecular complexity index is 516. The van der Waals surface area contributed by atoms with Crippen LogP contribution in [-0.2, 0) is 9.59 Å². The number of nitrogens with one attached hydrogen (secondary N) is 1. The standard InChI is InChI=1S/C13H21N5O3/c1-8(13-17-16-9(2)21-13)15-12(20)10-4-3-5-18(6-10)7-11(14)19/h8,10H,3-7H2,1-2H3,(H2,14,19)(H,15,20). The van der Waals surface area contributed by atoms with Crippen molar-refractivity contribution in [3.63, 3.8) is 0 Å². The van der Waals surface area contributed by atoms with E-state index in [0.29, 0.717) is 18.3 Å². The monoisotopic (exact) mass is 295 g/mol. The van der Waals surface area contributed by atoms with Gasteiger partial charge in [-0.25, -0.2) is 0 Å². The Morgan fingerprint density at radius 1 is 1.52 bits per heavy atom. The predicted octanol–water partition coefficient (Wildman–Crippen LogP) is -0.247. The number of aromatic nitrogens is 2.